The molecule has 2 aromatic carbocycles. The van der Waals surface area contributed by atoms with E-state index in [0.717, 1.165) is 21.9 Å². The molecule has 1 aliphatic heterocycles. The van der Waals surface area contributed by atoms with Crippen LogP contribution in [0.25, 0.3) is 0 Å². The molecule has 0 spiro atoms. The SMILES string of the molecule is Cc1noc(C)c1CSCC(=O)Nc1cccc(N2C(=O)c3ccccc3C2=O)c1. The van der Waals surface area contributed by atoms with Crippen LogP contribution in [0.15, 0.2) is 53.1 Å². The second-order valence-corrected chi connectivity index (χ2v) is 7.87. The summed E-state index contributed by atoms with van der Waals surface area (Å²) >= 11 is 1.46. The summed E-state index contributed by atoms with van der Waals surface area (Å²) in [5.74, 6) is 0.730. The fraction of sp³-hybridized carbons (Fsp3) is 0.182. The van der Waals surface area contributed by atoms with Gasteiger partial charge in [0.25, 0.3) is 11.8 Å². The molecule has 3 amide bonds. The number of aromatic nitrogens is 1. The Hall–Kier alpha value is -3.39. The maximum Gasteiger partial charge on any atom is 0.266 e. The van der Waals surface area contributed by atoms with Gasteiger partial charge in [0.1, 0.15) is 5.76 Å². The first-order valence-electron chi connectivity index (χ1n) is 9.33. The molecule has 7 nitrogen and oxygen atoms in total. The molecule has 0 radical (unpaired) electrons. The Morgan fingerprint density at radius 3 is 2.40 bits per heavy atom. The third-order valence-electron chi connectivity index (χ3n) is 4.84. The summed E-state index contributed by atoms with van der Waals surface area (Å²) in [6.45, 7) is 3.72. The molecule has 1 N–H and O–H groups in total. The number of hydrogen-bond acceptors (Lipinski definition) is 6. The van der Waals surface area contributed by atoms with Crippen molar-refractivity contribution < 1.29 is 18.9 Å². The Balaban J connectivity index is 1.41. The number of nitrogens with one attached hydrogen (secondary N) is 1. The van der Waals surface area contributed by atoms with Crippen molar-refractivity contribution in [2.24, 2.45) is 0 Å². The van der Waals surface area contributed by atoms with Gasteiger partial charge in [0.05, 0.1) is 28.3 Å². The molecule has 0 bridgehead atoms. The summed E-state index contributed by atoms with van der Waals surface area (Å²) in [6, 6.07) is 13.4. The van der Waals surface area contributed by atoms with Crippen molar-refractivity contribution in [2.45, 2.75) is 19.6 Å². The molecule has 2 heterocycles. The maximum atomic E-state index is 12.7. The van der Waals surface area contributed by atoms with E-state index < -0.39 is 0 Å². The minimum absolute atomic E-state index is 0.175. The van der Waals surface area contributed by atoms with E-state index in [4.69, 9.17) is 4.52 Å². The van der Waals surface area contributed by atoms with Gasteiger partial charge in [0.15, 0.2) is 0 Å². The molecule has 1 aromatic heterocycles. The van der Waals surface area contributed by atoms with Gasteiger partial charge in [-0.2, -0.15) is 0 Å². The van der Waals surface area contributed by atoms with Crippen molar-refractivity contribution in [3.05, 3.63) is 76.7 Å². The van der Waals surface area contributed by atoms with Crippen LogP contribution in [-0.2, 0) is 10.5 Å². The number of imide groups is 1. The highest BCUT2D eigenvalue weighted by Crippen LogP contribution is 2.29. The quantitative estimate of drug-likeness (QED) is 0.606. The van der Waals surface area contributed by atoms with E-state index in [1.165, 1.54) is 11.8 Å². The van der Waals surface area contributed by atoms with Crippen LogP contribution in [0.5, 0.6) is 0 Å². The summed E-state index contributed by atoms with van der Waals surface area (Å²) in [4.78, 5) is 38.8. The topological polar surface area (TPSA) is 92.5 Å². The van der Waals surface area contributed by atoms with Gasteiger partial charge in [0, 0.05) is 17.0 Å². The Kier molecular flexibility index (Phi) is 5.41. The van der Waals surface area contributed by atoms with Crippen molar-refractivity contribution in [2.75, 3.05) is 16.0 Å². The Morgan fingerprint density at radius 1 is 1.07 bits per heavy atom. The third kappa shape index (κ3) is 3.73. The molecule has 4 rings (SSSR count). The molecule has 0 atom stereocenters. The first-order valence-corrected chi connectivity index (χ1v) is 10.5. The first kappa shape index (κ1) is 19.9. The molecule has 0 aliphatic carbocycles. The van der Waals surface area contributed by atoms with Gasteiger partial charge in [-0.05, 0) is 44.2 Å². The van der Waals surface area contributed by atoms with Crippen molar-refractivity contribution in [3.63, 3.8) is 0 Å². The van der Waals surface area contributed by atoms with Crippen molar-refractivity contribution in [3.8, 4) is 0 Å². The number of carbonyl (C=O) groups excluding carboxylic acids is 3. The molecule has 30 heavy (non-hydrogen) atoms. The molecule has 0 saturated heterocycles. The fourth-order valence-electron chi connectivity index (χ4n) is 3.30. The first-order chi connectivity index (χ1) is 14.5. The standard InChI is InChI=1S/C22H19N3O4S/c1-13-19(14(2)29-24-13)11-30-12-20(26)23-15-6-5-7-16(10-15)25-21(27)17-8-3-4-9-18(17)22(25)28/h3-10H,11-12H2,1-2H3,(H,23,26). The van der Waals surface area contributed by atoms with Crippen LogP contribution in [-0.4, -0.2) is 28.6 Å². The lowest BCUT2D eigenvalue weighted by atomic mass is 10.1. The van der Waals surface area contributed by atoms with Gasteiger partial charge in [-0.25, -0.2) is 4.90 Å². The number of anilines is 2. The van der Waals surface area contributed by atoms with Gasteiger partial charge in [-0.1, -0.05) is 23.4 Å². The van der Waals surface area contributed by atoms with Crippen LogP contribution in [0.2, 0.25) is 0 Å². The summed E-state index contributed by atoms with van der Waals surface area (Å²) in [5.41, 5.74) is 3.53. The lowest BCUT2D eigenvalue weighted by Gasteiger charge is -2.15. The average Bonchev–Trinajstić information content (AvgIpc) is 3.19. The number of carbonyl (C=O) groups is 3. The second kappa shape index (κ2) is 8.16. The molecule has 8 heteroatoms. The maximum absolute atomic E-state index is 12.7. The van der Waals surface area contributed by atoms with Gasteiger partial charge in [0.2, 0.25) is 5.91 Å². The molecule has 3 aromatic rings. The second-order valence-electron chi connectivity index (χ2n) is 6.89. The highest BCUT2D eigenvalue weighted by Gasteiger charge is 2.36. The summed E-state index contributed by atoms with van der Waals surface area (Å²) < 4.78 is 5.13. The number of aryl methyl sites for hydroxylation is 2. The van der Waals surface area contributed by atoms with Gasteiger partial charge in [-0.3, -0.25) is 14.4 Å². The van der Waals surface area contributed by atoms with Crippen LogP contribution >= 0.6 is 11.8 Å². The molecule has 0 saturated carbocycles. The van der Waals surface area contributed by atoms with E-state index in [2.05, 4.69) is 10.5 Å². The molecule has 0 fully saturated rings. The van der Waals surface area contributed by atoms with E-state index in [1.807, 2.05) is 13.8 Å². The normalized spacial score (nSPS) is 12.9. The molecule has 1 aliphatic rings. The van der Waals surface area contributed by atoms with Crippen LogP contribution in [0.1, 0.15) is 37.7 Å². The van der Waals surface area contributed by atoms with Crippen LogP contribution < -0.4 is 10.2 Å². The molecular formula is C22H19N3O4S. The summed E-state index contributed by atoms with van der Waals surface area (Å²) in [6.07, 6.45) is 0. The van der Waals surface area contributed by atoms with E-state index in [9.17, 15) is 14.4 Å². The fourth-order valence-corrected chi connectivity index (χ4v) is 4.27. The van der Waals surface area contributed by atoms with Crippen molar-refractivity contribution >= 4 is 40.9 Å². The van der Waals surface area contributed by atoms with E-state index in [0.29, 0.717) is 28.3 Å². The lowest BCUT2D eigenvalue weighted by molar-refractivity contribution is -0.113. The third-order valence-corrected chi connectivity index (χ3v) is 5.80. The number of amides is 3. The Morgan fingerprint density at radius 2 is 1.77 bits per heavy atom. The van der Waals surface area contributed by atoms with Crippen LogP contribution in [0.4, 0.5) is 11.4 Å². The summed E-state index contributed by atoms with van der Waals surface area (Å²) in [5, 5.41) is 6.73. The minimum atomic E-state index is -0.367. The van der Waals surface area contributed by atoms with Crippen molar-refractivity contribution in [1.82, 2.24) is 5.16 Å². The van der Waals surface area contributed by atoms with Crippen molar-refractivity contribution in [1.29, 1.82) is 0 Å². The smallest absolute Gasteiger partial charge is 0.266 e. The van der Waals surface area contributed by atoms with Gasteiger partial charge < -0.3 is 9.84 Å². The van der Waals surface area contributed by atoms with E-state index >= 15 is 0 Å². The number of rotatable bonds is 6. The summed E-state index contributed by atoms with van der Waals surface area (Å²) in [7, 11) is 0. The molecular weight excluding hydrogens is 402 g/mol. The van der Waals surface area contributed by atoms with Crippen LogP contribution in [0, 0.1) is 13.8 Å². The highest BCUT2D eigenvalue weighted by atomic mass is 32.2. The van der Waals surface area contributed by atoms with E-state index in [-0.39, 0.29) is 23.5 Å². The monoisotopic (exact) mass is 421 g/mol. The lowest BCUT2D eigenvalue weighted by Crippen LogP contribution is -2.29. The predicted molar refractivity (Wildman–Crippen MR) is 115 cm³/mol. The van der Waals surface area contributed by atoms with Gasteiger partial charge >= 0.3 is 0 Å². The Bertz CT molecular complexity index is 1100. The number of hydrogen-bond donors (Lipinski definition) is 1. The predicted octanol–water partition coefficient (Wildman–Crippen LogP) is 3.96. The molecule has 152 valence electrons. The van der Waals surface area contributed by atoms with Crippen LogP contribution in [0.3, 0.4) is 0 Å². The Labute approximate surface area is 177 Å². The minimum Gasteiger partial charge on any atom is -0.361 e. The van der Waals surface area contributed by atoms with Gasteiger partial charge in [-0.15, -0.1) is 11.8 Å². The zero-order valence-corrected chi connectivity index (χ0v) is 17.3. The van der Waals surface area contributed by atoms with E-state index in [1.54, 1.807) is 48.5 Å². The number of fused-ring (bicyclic) bond motifs is 1. The number of thioether (sulfide) groups is 1. The zero-order chi connectivity index (χ0) is 21.3. The molecule has 0 unspecified atom stereocenters. The zero-order valence-electron chi connectivity index (χ0n) is 16.5. The number of nitrogens with zero attached hydrogens (tertiary/aromatic N) is 2. The highest BCUT2D eigenvalue weighted by molar-refractivity contribution is 7.99. The number of benzene rings is 2. The largest absolute Gasteiger partial charge is 0.361 e. The average molecular weight is 421 g/mol.